The van der Waals surface area contributed by atoms with E-state index < -0.39 is 29.5 Å². The van der Waals surface area contributed by atoms with Crippen molar-refractivity contribution in [2.24, 2.45) is 11.8 Å². The summed E-state index contributed by atoms with van der Waals surface area (Å²) >= 11 is 0. The van der Waals surface area contributed by atoms with Crippen molar-refractivity contribution in [2.45, 2.75) is 51.2 Å². The summed E-state index contributed by atoms with van der Waals surface area (Å²) in [5.74, 6) is -1.84. The van der Waals surface area contributed by atoms with E-state index in [0.29, 0.717) is 17.6 Å². The van der Waals surface area contributed by atoms with Gasteiger partial charge in [0.05, 0.1) is 12.6 Å². The number of methoxy groups -OCH3 is 1. The number of esters is 1. The van der Waals surface area contributed by atoms with Gasteiger partial charge < -0.3 is 9.47 Å². The summed E-state index contributed by atoms with van der Waals surface area (Å²) in [7, 11) is 1.34. The number of carbonyl (C=O) groups is 3. The second-order valence-corrected chi connectivity index (χ2v) is 9.81. The van der Waals surface area contributed by atoms with Crippen LogP contribution in [-0.4, -0.2) is 53.1 Å². The molecule has 1 aromatic heterocycles. The molecule has 0 saturated carbocycles. The highest BCUT2D eigenvalue weighted by atomic mass is 16.6. The molecular formula is C24H28N2O5. The molecule has 7 nitrogen and oxygen atoms in total. The third-order valence-electron chi connectivity index (χ3n) is 6.94. The molecule has 3 aliphatic rings. The van der Waals surface area contributed by atoms with E-state index in [1.807, 2.05) is 45.0 Å². The van der Waals surface area contributed by atoms with E-state index in [1.165, 1.54) is 11.7 Å². The maximum atomic E-state index is 13.6. The van der Waals surface area contributed by atoms with Gasteiger partial charge in [-0.25, -0.2) is 9.36 Å². The molecule has 3 unspecified atom stereocenters. The Hall–Kier alpha value is -2.67. The summed E-state index contributed by atoms with van der Waals surface area (Å²) in [5.41, 5.74) is 1.49. The summed E-state index contributed by atoms with van der Waals surface area (Å²) in [6.07, 6.45) is 0.828. The van der Waals surface area contributed by atoms with Crippen LogP contribution in [0.5, 0.6) is 0 Å². The quantitative estimate of drug-likeness (QED) is 0.651. The maximum absolute atomic E-state index is 13.6. The van der Waals surface area contributed by atoms with Crippen LogP contribution in [0.4, 0.5) is 4.79 Å². The predicted molar refractivity (Wildman–Crippen MR) is 114 cm³/mol. The molecule has 5 atom stereocenters. The normalized spacial score (nSPS) is 29.4. The number of fused-ring (bicyclic) bond motifs is 4. The lowest BCUT2D eigenvalue weighted by atomic mass is 9.81. The number of hydrogen-bond acceptors (Lipinski definition) is 6. The Morgan fingerprint density at radius 3 is 2.42 bits per heavy atom. The van der Waals surface area contributed by atoms with Crippen molar-refractivity contribution in [1.82, 2.24) is 9.47 Å². The van der Waals surface area contributed by atoms with Crippen molar-refractivity contribution in [3.63, 3.8) is 0 Å². The van der Waals surface area contributed by atoms with Gasteiger partial charge in [0, 0.05) is 34.5 Å². The van der Waals surface area contributed by atoms with Gasteiger partial charge >= 0.3 is 12.1 Å². The smallest absolute Gasteiger partial charge is 0.419 e. The fraction of sp³-hybridized carbons (Fsp3) is 0.542. The van der Waals surface area contributed by atoms with Crippen LogP contribution < -0.4 is 0 Å². The summed E-state index contributed by atoms with van der Waals surface area (Å²) in [6.45, 7) is 7.06. The molecule has 4 bridgehead atoms. The zero-order valence-corrected chi connectivity index (χ0v) is 18.4. The first-order valence-electron chi connectivity index (χ1n) is 10.9. The van der Waals surface area contributed by atoms with E-state index in [-0.39, 0.29) is 17.7 Å². The summed E-state index contributed by atoms with van der Waals surface area (Å²) < 4.78 is 12.5. The van der Waals surface area contributed by atoms with Gasteiger partial charge in [-0.3, -0.25) is 14.5 Å². The van der Waals surface area contributed by atoms with Crippen LogP contribution in [0.3, 0.4) is 0 Å². The molecule has 5 rings (SSSR count). The number of hydrogen-bond donors (Lipinski definition) is 0. The molecule has 0 radical (unpaired) electrons. The molecule has 2 aliphatic heterocycles. The standard InChI is InChI=1S/C24H28N2O5/c1-24(2,3)31-23(29)26-16-8-6-5-7-13(16)17-19-15-10-12-25(19)11-9-14(21(15)27)18(20(17)26)22(28)30-4/h5-8,14-15,18-19H,9-12H2,1-4H3/t14?,15-,18+,19?/m1/s1. The van der Waals surface area contributed by atoms with E-state index in [2.05, 4.69) is 4.90 Å². The molecule has 164 valence electrons. The van der Waals surface area contributed by atoms with E-state index in [4.69, 9.17) is 9.47 Å². The van der Waals surface area contributed by atoms with Gasteiger partial charge in [-0.15, -0.1) is 0 Å². The van der Waals surface area contributed by atoms with E-state index >= 15 is 0 Å². The van der Waals surface area contributed by atoms with Gasteiger partial charge in [0.15, 0.2) is 0 Å². The first kappa shape index (κ1) is 20.2. The number of benzene rings is 1. The molecule has 0 spiro atoms. The van der Waals surface area contributed by atoms with Crippen LogP contribution in [0.2, 0.25) is 0 Å². The van der Waals surface area contributed by atoms with Crippen molar-refractivity contribution >= 4 is 28.7 Å². The zero-order valence-electron chi connectivity index (χ0n) is 18.4. The number of ketones is 1. The maximum Gasteiger partial charge on any atom is 0.419 e. The Morgan fingerprint density at radius 2 is 1.74 bits per heavy atom. The lowest BCUT2D eigenvalue weighted by molar-refractivity contribution is -0.146. The largest absolute Gasteiger partial charge is 0.468 e. The van der Waals surface area contributed by atoms with Crippen LogP contribution in [0.15, 0.2) is 24.3 Å². The third kappa shape index (κ3) is 2.93. The van der Waals surface area contributed by atoms with Gasteiger partial charge in [-0.05, 0) is 52.8 Å². The van der Waals surface area contributed by atoms with Crippen molar-refractivity contribution in [3.8, 4) is 0 Å². The highest BCUT2D eigenvalue weighted by Crippen LogP contribution is 2.54. The van der Waals surface area contributed by atoms with Crippen LogP contribution in [-0.2, 0) is 19.1 Å². The highest BCUT2D eigenvalue weighted by Gasteiger charge is 2.55. The Balaban J connectivity index is 1.86. The Labute approximate surface area is 181 Å². The van der Waals surface area contributed by atoms with Crippen LogP contribution in [0.25, 0.3) is 10.9 Å². The van der Waals surface area contributed by atoms with E-state index in [9.17, 15) is 14.4 Å². The summed E-state index contributed by atoms with van der Waals surface area (Å²) in [4.78, 5) is 42.5. The predicted octanol–water partition coefficient (Wildman–Crippen LogP) is 3.65. The van der Waals surface area contributed by atoms with Gasteiger partial charge in [0.1, 0.15) is 17.3 Å². The Kier molecular flexibility index (Phi) is 4.52. The summed E-state index contributed by atoms with van der Waals surface area (Å²) in [5, 5.41) is 0.898. The Bertz CT molecular complexity index is 1100. The van der Waals surface area contributed by atoms with Crippen LogP contribution >= 0.6 is 0 Å². The average molecular weight is 424 g/mol. The van der Waals surface area contributed by atoms with Crippen molar-refractivity contribution in [3.05, 3.63) is 35.5 Å². The summed E-state index contributed by atoms with van der Waals surface area (Å²) in [6, 6.07) is 7.53. The molecule has 0 amide bonds. The minimum Gasteiger partial charge on any atom is -0.468 e. The van der Waals surface area contributed by atoms with Crippen molar-refractivity contribution < 1.29 is 23.9 Å². The Morgan fingerprint density at radius 1 is 1.06 bits per heavy atom. The lowest BCUT2D eigenvalue weighted by Crippen LogP contribution is -2.36. The first-order chi connectivity index (χ1) is 14.7. The molecule has 31 heavy (non-hydrogen) atoms. The fourth-order valence-electron chi connectivity index (χ4n) is 5.84. The molecule has 1 aliphatic carbocycles. The lowest BCUT2D eigenvalue weighted by Gasteiger charge is -2.31. The SMILES string of the molecule is COC(=O)[C@@H]1c2c(c3ccccc3n2C(=O)OC(C)(C)C)C2[C@H]3CCN2CCC1C3=O. The molecule has 3 heterocycles. The molecule has 2 fully saturated rings. The number of para-hydroxylation sites is 1. The first-order valence-corrected chi connectivity index (χ1v) is 10.9. The third-order valence-corrected chi connectivity index (χ3v) is 6.94. The second kappa shape index (κ2) is 6.92. The topological polar surface area (TPSA) is 77.8 Å². The van der Waals surface area contributed by atoms with Gasteiger partial charge in [-0.2, -0.15) is 0 Å². The molecule has 2 aromatic rings. The van der Waals surface area contributed by atoms with Crippen molar-refractivity contribution in [2.75, 3.05) is 20.2 Å². The molecular weight excluding hydrogens is 396 g/mol. The van der Waals surface area contributed by atoms with Crippen LogP contribution in [0, 0.1) is 11.8 Å². The number of aromatic nitrogens is 1. The molecule has 7 heteroatoms. The molecule has 1 aromatic carbocycles. The highest BCUT2D eigenvalue weighted by molar-refractivity contribution is 6.01. The molecule has 0 N–H and O–H groups in total. The number of carbonyl (C=O) groups excluding carboxylic acids is 3. The van der Waals surface area contributed by atoms with Gasteiger partial charge in [-0.1, -0.05) is 18.2 Å². The minimum absolute atomic E-state index is 0.122. The van der Waals surface area contributed by atoms with Gasteiger partial charge in [0.25, 0.3) is 0 Å². The van der Waals surface area contributed by atoms with Gasteiger partial charge in [0.2, 0.25) is 0 Å². The molecule has 2 saturated heterocycles. The second-order valence-electron chi connectivity index (χ2n) is 9.81. The minimum atomic E-state index is -0.819. The number of rotatable bonds is 1. The van der Waals surface area contributed by atoms with Crippen LogP contribution in [0.1, 0.15) is 56.8 Å². The monoisotopic (exact) mass is 424 g/mol. The van der Waals surface area contributed by atoms with E-state index in [1.54, 1.807) is 0 Å². The number of ether oxygens (including phenoxy) is 2. The number of nitrogens with zero attached hydrogens (tertiary/aromatic N) is 2. The van der Waals surface area contributed by atoms with Crippen molar-refractivity contribution in [1.29, 1.82) is 0 Å². The zero-order chi connectivity index (χ0) is 22.1. The fourth-order valence-corrected chi connectivity index (χ4v) is 5.84. The van der Waals surface area contributed by atoms with E-state index in [0.717, 1.165) is 30.5 Å². The number of Topliss-reactive ketones (excluding diaryl/α,β-unsaturated/α-hetero) is 1. The average Bonchev–Trinajstić information content (AvgIpc) is 3.18.